The monoisotopic (exact) mass is 327 g/mol. The Hall–Kier alpha value is -3.07. The Balaban J connectivity index is 1.92. The quantitative estimate of drug-likeness (QED) is 0.385. The van der Waals surface area contributed by atoms with Crippen molar-refractivity contribution in [3.8, 4) is 0 Å². The maximum Gasteiger partial charge on any atom is 0.332 e. The second-order valence-electron chi connectivity index (χ2n) is 4.59. The second-order valence-corrected chi connectivity index (χ2v) is 5.62. The number of nitrogens with zero attached hydrogens (tertiary/aromatic N) is 4. The van der Waals surface area contributed by atoms with E-state index in [1.54, 1.807) is 12.4 Å². The zero-order chi connectivity index (χ0) is 16.2. The molecule has 0 fully saturated rings. The van der Waals surface area contributed by atoms with Crippen LogP contribution in [0.15, 0.2) is 41.8 Å². The van der Waals surface area contributed by atoms with Crippen molar-refractivity contribution in [1.29, 1.82) is 0 Å². The number of nitrogens with two attached hydrogens (primary N) is 1. The van der Waals surface area contributed by atoms with E-state index in [1.807, 2.05) is 31.2 Å². The normalized spacial score (nSPS) is 11.4. The van der Waals surface area contributed by atoms with Gasteiger partial charge in [-0.15, -0.1) is 0 Å². The molecule has 116 valence electrons. The summed E-state index contributed by atoms with van der Waals surface area (Å²) in [6, 6.07) is 6.98. The van der Waals surface area contributed by atoms with Gasteiger partial charge in [0, 0.05) is 6.20 Å². The van der Waals surface area contributed by atoms with Gasteiger partial charge in [-0.05, 0) is 19.1 Å². The number of carbonyl (C=O) groups excluding carboxylic acids is 1. The average Bonchev–Trinajstić information content (AvgIpc) is 2.94. The number of hydrogen-bond donors (Lipinski definition) is 3. The van der Waals surface area contributed by atoms with Crippen molar-refractivity contribution in [3.63, 3.8) is 0 Å². The van der Waals surface area contributed by atoms with E-state index in [2.05, 4.69) is 30.8 Å². The number of nitrogens with one attached hydrogen (secondary N) is 2. The number of aryl methyl sites for hydroxylation is 1. The standard InChI is InChI=1S/C14H13N7OS/c1-8-6-17-10(7-16-8)12(20-21-13(15)22)19-14-18-9-4-2-3-5-11(9)23-14/h2-7H,1H3,(H3,15,21,22)(H,18,19,20). The molecule has 2 aromatic heterocycles. The van der Waals surface area contributed by atoms with Gasteiger partial charge in [0.15, 0.2) is 11.0 Å². The molecule has 23 heavy (non-hydrogen) atoms. The molecule has 2 amide bonds. The van der Waals surface area contributed by atoms with Gasteiger partial charge in [0.25, 0.3) is 0 Å². The topological polar surface area (TPSA) is 118 Å². The number of thiazole rings is 1. The van der Waals surface area contributed by atoms with Crippen LogP contribution in [0.5, 0.6) is 0 Å². The number of hydrogen-bond acceptors (Lipinski definition) is 6. The summed E-state index contributed by atoms with van der Waals surface area (Å²) in [7, 11) is 0. The van der Waals surface area contributed by atoms with Crippen LogP contribution in [-0.2, 0) is 0 Å². The van der Waals surface area contributed by atoms with Gasteiger partial charge in [0.1, 0.15) is 5.69 Å². The van der Waals surface area contributed by atoms with Crippen LogP contribution in [0, 0.1) is 6.92 Å². The van der Waals surface area contributed by atoms with Gasteiger partial charge in [0.05, 0.1) is 22.1 Å². The molecule has 0 aliphatic rings. The van der Waals surface area contributed by atoms with E-state index in [4.69, 9.17) is 5.73 Å². The summed E-state index contributed by atoms with van der Waals surface area (Å²) in [6.07, 6.45) is 3.16. The fraction of sp³-hybridized carbons (Fsp3) is 0.0714. The third-order valence-corrected chi connectivity index (χ3v) is 3.77. The van der Waals surface area contributed by atoms with Crippen LogP contribution in [0.3, 0.4) is 0 Å². The smallest absolute Gasteiger partial charge is 0.332 e. The van der Waals surface area contributed by atoms with Crippen molar-refractivity contribution >= 4 is 38.6 Å². The van der Waals surface area contributed by atoms with Gasteiger partial charge in [-0.3, -0.25) is 4.98 Å². The number of anilines is 1. The molecule has 0 saturated heterocycles. The lowest BCUT2D eigenvalue weighted by Gasteiger charge is -2.06. The lowest BCUT2D eigenvalue weighted by molar-refractivity contribution is 0.249. The number of amides is 2. The Labute approximate surface area is 135 Å². The Bertz CT molecular complexity index is 839. The molecule has 0 unspecified atom stereocenters. The third kappa shape index (κ3) is 3.58. The van der Waals surface area contributed by atoms with Crippen LogP contribution in [0.25, 0.3) is 10.2 Å². The third-order valence-electron chi connectivity index (χ3n) is 2.82. The van der Waals surface area contributed by atoms with E-state index in [-0.39, 0.29) is 0 Å². The minimum Gasteiger partial charge on any atom is -0.350 e. The first-order valence-corrected chi connectivity index (χ1v) is 7.48. The molecule has 0 atom stereocenters. The van der Waals surface area contributed by atoms with Crippen LogP contribution in [0.4, 0.5) is 9.93 Å². The van der Waals surface area contributed by atoms with E-state index >= 15 is 0 Å². The number of hydrazone groups is 1. The molecule has 8 nitrogen and oxygen atoms in total. The molecule has 0 spiro atoms. The number of urea groups is 1. The van der Waals surface area contributed by atoms with Gasteiger partial charge in [-0.1, -0.05) is 23.5 Å². The Morgan fingerprint density at radius 1 is 1.26 bits per heavy atom. The number of fused-ring (bicyclic) bond motifs is 1. The van der Waals surface area contributed by atoms with Gasteiger partial charge < -0.3 is 11.1 Å². The number of amidine groups is 1. The van der Waals surface area contributed by atoms with E-state index in [0.29, 0.717) is 16.7 Å². The first kappa shape index (κ1) is 14.9. The lowest BCUT2D eigenvalue weighted by atomic mass is 10.3. The molecular formula is C14H13N7OS. The summed E-state index contributed by atoms with van der Waals surface area (Å²) in [6.45, 7) is 1.83. The summed E-state index contributed by atoms with van der Waals surface area (Å²) in [5, 5.41) is 7.60. The highest BCUT2D eigenvalue weighted by Crippen LogP contribution is 2.25. The van der Waals surface area contributed by atoms with Crippen LogP contribution >= 0.6 is 11.3 Å². The number of primary amides is 1. The predicted molar refractivity (Wildman–Crippen MR) is 89.3 cm³/mol. The largest absolute Gasteiger partial charge is 0.350 e. The summed E-state index contributed by atoms with van der Waals surface area (Å²) in [5.74, 6) is 0.301. The van der Waals surface area contributed by atoms with Crippen LogP contribution in [0.2, 0.25) is 0 Å². The molecule has 0 radical (unpaired) electrons. The van der Waals surface area contributed by atoms with Gasteiger partial charge in [0.2, 0.25) is 0 Å². The highest BCUT2D eigenvalue weighted by Gasteiger charge is 2.10. The van der Waals surface area contributed by atoms with Crippen molar-refractivity contribution in [1.82, 2.24) is 20.4 Å². The molecule has 1 aromatic carbocycles. The zero-order valence-electron chi connectivity index (χ0n) is 12.1. The van der Waals surface area contributed by atoms with Gasteiger partial charge in [-0.2, -0.15) is 5.10 Å². The van der Waals surface area contributed by atoms with Crippen LogP contribution in [-0.4, -0.2) is 26.8 Å². The summed E-state index contributed by atoms with van der Waals surface area (Å²) in [5.41, 5.74) is 9.36. The number of benzene rings is 1. The molecule has 3 rings (SSSR count). The zero-order valence-corrected chi connectivity index (χ0v) is 13.0. The minimum absolute atomic E-state index is 0.301. The highest BCUT2D eigenvalue weighted by molar-refractivity contribution is 7.22. The number of para-hydroxylation sites is 1. The minimum atomic E-state index is -0.770. The second kappa shape index (κ2) is 6.36. The molecule has 0 aliphatic heterocycles. The summed E-state index contributed by atoms with van der Waals surface area (Å²) < 4.78 is 1.03. The van der Waals surface area contributed by atoms with Crippen molar-refractivity contribution in [2.24, 2.45) is 10.8 Å². The number of rotatable bonds is 3. The van der Waals surface area contributed by atoms with Crippen LogP contribution in [0.1, 0.15) is 11.4 Å². The molecule has 9 heteroatoms. The van der Waals surface area contributed by atoms with Gasteiger partial charge in [-0.25, -0.2) is 20.2 Å². The van der Waals surface area contributed by atoms with Crippen LogP contribution < -0.4 is 16.5 Å². The molecule has 0 aliphatic carbocycles. The van der Waals surface area contributed by atoms with Crippen molar-refractivity contribution < 1.29 is 4.79 Å². The maximum absolute atomic E-state index is 10.9. The average molecular weight is 327 g/mol. The van der Waals surface area contributed by atoms with E-state index in [1.165, 1.54) is 11.3 Å². The lowest BCUT2D eigenvalue weighted by Crippen LogP contribution is -2.28. The first-order chi connectivity index (χ1) is 11.1. The first-order valence-electron chi connectivity index (χ1n) is 6.66. The SMILES string of the molecule is Cc1cnc(C(=NNC(N)=O)Nc2nc3ccccc3s2)cn1. The molecule has 0 bridgehead atoms. The van der Waals surface area contributed by atoms with Crippen molar-refractivity contribution in [3.05, 3.63) is 48.0 Å². The van der Waals surface area contributed by atoms with Crippen molar-refractivity contribution in [2.45, 2.75) is 6.92 Å². The number of aromatic nitrogens is 3. The number of carbonyl (C=O) groups is 1. The Morgan fingerprint density at radius 2 is 2.09 bits per heavy atom. The molecule has 4 N–H and O–H groups in total. The molecular weight excluding hydrogens is 314 g/mol. The molecule has 2 heterocycles. The fourth-order valence-electron chi connectivity index (χ4n) is 1.80. The van der Waals surface area contributed by atoms with Gasteiger partial charge >= 0.3 is 6.03 Å². The van der Waals surface area contributed by atoms with E-state index < -0.39 is 6.03 Å². The predicted octanol–water partition coefficient (Wildman–Crippen LogP) is 1.84. The Kier molecular flexibility index (Phi) is 4.11. The van der Waals surface area contributed by atoms with E-state index in [9.17, 15) is 4.79 Å². The molecule has 3 aromatic rings. The van der Waals surface area contributed by atoms with Crippen molar-refractivity contribution in [2.75, 3.05) is 5.32 Å². The summed E-state index contributed by atoms with van der Waals surface area (Å²) in [4.78, 5) is 23.8. The highest BCUT2D eigenvalue weighted by atomic mass is 32.1. The Morgan fingerprint density at radius 3 is 2.78 bits per heavy atom. The van der Waals surface area contributed by atoms with E-state index in [0.717, 1.165) is 15.9 Å². The summed E-state index contributed by atoms with van der Waals surface area (Å²) >= 11 is 1.46. The fourth-order valence-corrected chi connectivity index (χ4v) is 2.67. The maximum atomic E-state index is 10.9. The molecule has 0 saturated carbocycles.